The monoisotopic (exact) mass is 398 g/mol. The van der Waals surface area contributed by atoms with Gasteiger partial charge in [0.2, 0.25) is 0 Å². The van der Waals surface area contributed by atoms with Crippen molar-refractivity contribution in [3.63, 3.8) is 0 Å². The Hall–Kier alpha value is -1.72. The lowest BCUT2D eigenvalue weighted by Gasteiger charge is -2.24. The quantitative estimate of drug-likeness (QED) is 0.403. The lowest BCUT2D eigenvalue weighted by Crippen LogP contribution is -2.26. The highest BCUT2D eigenvalue weighted by molar-refractivity contribution is 5.78. The summed E-state index contributed by atoms with van der Waals surface area (Å²) in [4.78, 5) is 46.8. The first-order valence-corrected chi connectivity index (χ1v) is 10.1. The molecule has 0 fully saturated rings. The fraction of sp³-hybridized carbons (Fsp3) is 0.818. The smallest absolute Gasteiger partial charge is 0.306 e. The number of ketones is 2. The van der Waals surface area contributed by atoms with Gasteiger partial charge in [-0.1, -0.05) is 41.0 Å². The summed E-state index contributed by atoms with van der Waals surface area (Å²) in [5.41, 5.74) is -0.866. The summed E-state index contributed by atoms with van der Waals surface area (Å²) in [5, 5.41) is 0. The van der Waals surface area contributed by atoms with Crippen LogP contribution in [0.3, 0.4) is 0 Å². The van der Waals surface area contributed by atoms with Crippen molar-refractivity contribution in [2.75, 3.05) is 6.61 Å². The minimum Gasteiger partial charge on any atom is -0.466 e. The Morgan fingerprint density at radius 2 is 1.21 bits per heavy atom. The van der Waals surface area contributed by atoms with Crippen LogP contribution in [0.15, 0.2) is 0 Å². The zero-order chi connectivity index (χ0) is 22.0. The van der Waals surface area contributed by atoms with E-state index in [0.717, 1.165) is 6.42 Å². The molecule has 0 aromatic heterocycles. The lowest BCUT2D eigenvalue weighted by atomic mass is 9.84. The summed E-state index contributed by atoms with van der Waals surface area (Å²) >= 11 is 0. The number of carbonyl (C=O) groups is 4. The third-order valence-electron chi connectivity index (χ3n) is 4.31. The summed E-state index contributed by atoms with van der Waals surface area (Å²) in [6.07, 6.45) is 2.65. The first-order valence-electron chi connectivity index (χ1n) is 10.1. The SMILES string of the molecule is CCC[C@H](CCOC(=O)CC(C)(C)CC(C)=O)OC(=O)CC(C)(C)CC(C)=O. The largest absolute Gasteiger partial charge is 0.466 e. The number of hydrogen-bond acceptors (Lipinski definition) is 6. The normalized spacial score (nSPS) is 13.0. The number of esters is 2. The van der Waals surface area contributed by atoms with Crippen molar-refractivity contribution in [3.05, 3.63) is 0 Å². The van der Waals surface area contributed by atoms with Crippen molar-refractivity contribution in [1.29, 1.82) is 0 Å². The van der Waals surface area contributed by atoms with Crippen LogP contribution in [-0.4, -0.2) is 36.2 Å². The van der Waals surface area contributed by atoms with Crippen LogP contribution in [0.25, 0.3) is 0 Å². The van der Waals surface area contributed by atoms with Gasteiger partial charge >= 0.3 is 11.9 Å². The zero-order valence-electron chi connectivity index (χ0n) is 18.7. The summed E-state index contributed by atoms with van der Waals surface area (Å²) in [5.74, 6) is -0.600. The first-order chi connectivity index (χ1) is 12.8. The molecule has 0 aliphatic rings. The van der Waals surface area contributed by atoms with Gasteiger partial charge in [-0.15, -0.1) is 0 Å². The van der Waals surface area contributed by atoms with Crippen molar-refractivity contribution in [2.24, 2.45) is 10.8 Å². The fourth-order valence-corrected chi connectivity index (χ4v) is 3.42. The van der Waals surface area contributed by atoms with E-state index >= 15 is 0 Å². The van der Waals surface area contributed by atoms with Crippen LogP contribution in [-0.2, 0) is 28.7 Å². The van der Waals surface area contributed by atoms with E-state index in [1.807, 2.05) is 34.6 Å². The Kier molecular flexibility index (Phi) is 11.2. The molecule has 0 rings (SSSR count). The Balaban J connectivity index is 4.48. The average Bonchev–Trinajstić information content (AvgIpc) is 2.42. The minimum absolute atomic E-state index is 0.0421. The maximum absolute atomic E-state index is 12.2. The zero-order valence-corrected chi connectivity index (χ0v) is 18.7. The van der Waals surface area contributed by atoms with Crippen molar-refractivity contribution in [1.82, 2.24) is 0 Å². The van der Waals surface area contributed by atoms with Crippen molar-refractivity contribution < 1.29 is 28.7 Å². The van der Waals surface area contributed by atoms with E-state index < -0.39 is 10.8 Å². The van der Waals surface area contributed by atoms with E-state index in [4.69, 9.17) is 9.47 Å². The van der Waals surface area contributed by atoms with Gasteiger partial charge in [0, 0.05) is 19.3 Å². The number of carbonyl (C=O) groups excluding carboxylic acids is 4. The van der Waals surface area contributed by atoms with E-state index in [-0.39, 0.29) is 49.1 Å². The van der Waals surface area contributed by atoms with Gasteiger partial charge in [-0.05, 0) is 31.1 Å². The van der Waals surface area contributed by atoms with Gasteiger partial charge in [0.1, 0.15) is 17.7 Å². The molecule has 0 N–H and O–H groups in total. The molecule has 0 heterocycles. The molecule has 6 nitrogen and oxygen atoms in total. The third-order valence-corrected chi connectivity index (χ3v) is 4.31. The summed E-state index contributed by atoms with van der Waals surface area (Å²) < 4.78 is 10.8. The molecule has 0 unspecified atom stereocenters. The second-order valence-electron chi connectivity index (χ2n) is 9.35. The molecule has 162 valence electrons. The van der Waals surface area contributed by atoms with Crippen molar-refractivity contribution in [3.8, 4) is 0 Å². The molecule has 0 spiro atoms. The van der Waals surface area contributed by atoms with Crippen LogP contribution in [0.4, 0.5) is 0 Å². The molecule has 0 amide bonds. The molecule has 0 aliphatic carbocycles. The maximum atomic E-state index is 12.2. The number of hydrogen-bond donors (Lipinski definition) is 0. The molecular formula is C22H38O6. The molecular weight excluding hydrogens is 360 g/mol. The highest BCUT2D eigenvalue weighted by Gasteiger charge is 2.27. The second kappa shape index (κ2) is 12.0. The van der Waals surface area contributed by atoms with Crippen LogP contribution in [0, 0.1) is 10.8 Å². The molecule has 0 radical (unpaired) electrons. The molecule has 6 heteroatoms. The Bertz CT molecular complexity index is 547. The minimum atomic E-state index is -0.436. The predicted octanol–water partition coefficient (Wildman–Crippen LogP) is 4.42. The van der Waals surface area contributed by atoms with E-state index in [0.29, 0.717) is 25.7 Å². The Morgan fingerprint density at radius 3 is 1.64 bits per heavy atom. The van der Waals surface area contributed by atoms with Gasteiger partial charge in [-0.25, -0.2) is 0 Å². The Morgan fingerprint density at radius 1 is 0.750 bits per heavy atom. The summed E-state index contributed by atoms with van der Waals surface area (Å²) in [6.45, 7) is 12.7. The number of rotatable bonds is 14. The van der Waals surface area contributed by atoms with Crippen LogP contribution in [0.2, 0.25) is 0 Å². The highest BCUT2D eigenvalue weighted by atomic mass is 16.6. The molecule has 1 atom stereocenters. The van der Waals surface area contributed by atoms with Gasteiger partial charge < -0.3 is 19.1 Å². The van der Waals surface area contributed by atoms with Crippen LogP contribution in [0.1, 0.15) is 93.4 Å². The van der Waals surface area contributed by atoms with Crippen molar-refractivity contribution >= 4 is 23.5 Å². The number of Topliss-reactive ketones (excluding diaryl/α,β-unsaturated/α-hetero) is 2. The van der Waals surface area contributed by atoms with Gasteiger partial charge in [0.05, 0.1) is 19.4 Å². The maximum Gasteiger partial charge on any atom is 0.306 e. The molecule has 0 saturated carbocycles. The van der Waals surface area contributed by atoms with Gasteiger partial charge in [-0.2, -0.15) is 0 Å². The molecule has 0 aromatic carbocycles. The van der Waals surface area contributed by atoms with Gasteiger partial charge in [-0.3, -0.25) is 9.59 Å². The summed E-state index contributed by atoms with van der Waals surface area (Å²) in [7, 11) is 0. The second-order valence-corrected chi connectivity index (χ2v) is 9.35. The van der Waals surface area contributed by atoms with Crippen LogP contribution >= 0.6 is 0 Å². The van der Waals surface area contributed by atoms with Crippen molar-refractivity contribution in [2.45, 2.75) is 99.5 Å². The molecule has 0 aliphatic heterocycles. The lowest BCUT2D eigenvalue weighted by molar-refractivity contribution is -0.154. The van der Waals surface area contributed by atoms with Crippen LogP contribution in [0.5, 0.6) is 0 Å². The van der Waals surface area contributed by atoms with Crippen LogP contribution < -0.4 is 0 Å². The van der Waals surface area contributed by atoms with Gasteiger partial charge in [0.25, 0.3) is 0 Å². The standard InChI is InChI=1S/C22H38O6/c1-8-9-18(28-20(26)15-22(6,7)13-17(3)24)10-11-27-19(25)14-21(4,5)12-16(2)23/h18H,8-15H2,1-7H3/t18-/m1/s1. The summed E-state index contributed by atoms with van der Waals surface area (Å²) in [6, 6.07) is 0. The Labute approximate surface area is 169 Å². The topological polar surface area (TPSA) is 86.7 Å². The molecule has 0 bridgehead atoms. The molecule has 0 aromatic rings. The average molecular weight is 399 g/mol. The predicted molar refractivity (Wildman–Crippen MR) is 108 cm³/mol. The highest BCUT2D eigenvalue weighted by Crippen LogP contribution is 2.27. The first kappa shape index (κ1) is 26.3. The molecule has 28 heavy (non-hydrogen) atoms. The number of ether oxygens (including phenoxy) is 2. The fourth-order valence-electron chi connectivity index (χ4n) is 3.42. The van der Waals surface area contributed by atoms with E-state index in [1.165, 1.54) is 13.8 Å². The van der Waals surface area contributed by atoms with E-state index in [2.05, 4.69) is 0 Å². The third kappa shape index (κ3) is 13.4. The van der Waals surface area contributed by atoms with E-state index in [9.17, 15) is 19.2 Å². The van der Waals surface area contributed by atoms with Gasteiger partial charge in [0.15, 0.2) is 0 Å². The van der Waals surface area contributed by atoms with E-state index in [1.54, 1.807) is 0 Å². The molecule has 0 saturated heterocycles.